The third-order valence-electron chi connectivity index (χ3n) is 8.38. The number of fused-ring (bicyclic) bond motifs is 1. The first-order valence-corrected chi connectivity index (χ1v) is 16.4. The fraction of sp³-hybridized carbons (Fsp3) is 0.395. The number of anilines is 1. The first-order valence-electron chi connectivity index (χ1n) is 16.4. The highest BCUT2D eigenvalue weighted by Gasteiger charge is 2.28. The molecule has 2 aliphatic rings. The third-order valence-corrected chi connectivity index (χ3v) is 8.38. The number of hydrogen-bond acceptors (Lipinski definition) is 8. The molecule has 252 valence electrons. The summed E-state index contributed by atoms with van der Waals surface area (Å²) in [5.74, 6) is 1.75. The number of carbonyl (C=O) groups is 1. The van der Waals surface area contributed by atoms with Gasteiger partial charge in [-0.1, -0.05) is 48.5 Å². The Balaban J connectivity index is 0.000000298. The van der Waals surface area contributed by atoms with E-state index in [1.165, 1.54) is 55.2 Å². The van der Waals surface area contributed by atoms with Crippen LogP contribution in [0.5, 0.6) is 11.5 Å². The van der Waals surface area contributed by atoms with Gasteiger partial charge in [0.25, 0.3) is 0 Å². The van der Waals surface area contributed by atoms with Crippen molar-refractivity contribution in [3.8, 4) is 11.5 Å². The summed E-state index contributed by atoms with van der Waals surface area (Å²) >= 11 is 0. The Morgan fingerprint density at radius 3 is 2.40 bits per heavy atom. The molecule has 1 saturated heterocycles. The summed E-state index contributed by atoms with van der Waals surface area (Å²) in [7, 11) is 6.66. The summed E-state index contributed by atoms with van der Waals surface area (Å²) in [6.07, 6.45) is 8.01. The van der Waals surface area contributed by atoms with Gasteiger partial charge in [0.05, 0.1) is 19.9 Å². The highest BCUT2D eigenvalue weighted by molar-refractivity contribution is 6.15. The fourth-order valence-corrected chi connectivity index (χ4v) is 6.11. The predicted octanol–water partition coefficient (Wildman–Crippen LogP) is 5.69. The number of nitrogens with one attached hydrogen (secondary N) is 2. The number of nitrogens with zero attached hydrogens (tertiary/aromatic N) is 3. The first kappa shape index (κ1) is 37.0. The van der Waals surface area contributed by atoms with Crippen molar-refractivity contribution < 1.29 is 14.3 Å². The van der Waals surface area contributed by atoms with Crippen LogP contribution in [0.3, 0.4) is 0 Å². The van der Waals surface area contributed by atoms with Crippen molar-refractivity contribution >= 4 is 24.5 Å². The molecule has 47 heavy (non-hydrogen) atoms. The average molecular weight is 641 g/mol. The Morgan fingerprint density at radius 2 is 1.74 bits per heavy atom. The lowest BCUT2D eigenvalue weighted by atomic mass is 9.75. The highest BCUT2D eigenvalue weighted by atomic mass is 16.5. The molecule has 0 aromatic heterocycles. The number of benzene rings is 3. The van der Waals surface area contributed by atoms with E-state index in [1.807, 2.05) is 31.4 Å². The van der Waals surface area contributed by atoms with Crippen molar-refractivity contribution in [2.24, 2.45) is 15.7 Å². The molecular weight excluding hydrogens is 588 g/mol. The number of amides is 1. The molecule has 1 fully saturated rings. The van der Waals surface area contributed by atoms with Crippen LogP contribution in [0.2, 0.25) is 0 Å². The number of carbonyl (C=O) groups excluding carboxylic acids is 1. The molecule has 3 aromatic carbocycles. The molecule has 0 bridgehead atoms. The van der Waals surface area contributed by atoms with E-state index in [-0.39, 0.29) is 0 Å². The number of likely N-dealkylation sites (tertiary alicyclic amines) is 1. The van der Waals surface area contributed by atoms with Crippen molar-refractivity contribution in [3.05, 3.63) is 101 Å². The molecule has 4 N–H and O–H groups in total. The van der Waals surface area contributed by atoms with E-state index in [4.69, 9.17) is 14.5 Å². The molecule has 1 aliphatic carbocycles. The van der Waals surface area contributed by atoms with Crippen molar-refractivity contribution in [1.29, 1.82) is 0 Å². The van der Waals surface area contributed by atoms with E-state index in [2.05, 4.69) is 81.5 Å². The van der Waals surface area contributed by atoms with Gasteiger partial charge in [-0.2, -0.15) is 0 Å². The molecule has 0 radical (unpaired) electrons. The quantitative estimate of drug-likeness (QED) is 0.126. The number of aliphatic imine (C=N–C) groups is 2. The number of allylic oxidation sites excluding steroid dienone is 1. The maximum absolute atomic E-state index is 10.1. The zero-order valence-corrected chi connectivity index (χ0v) is 28.5. The first-order chi connectivity index (χ1) is 23.1. The fourth-order valence-electron chi connectivity index (χ4n) is 6.11. The van der Waals surface area contributed by atoms with Gasteiger partial charge in [0.2, 0.25) is 6.41 Å². The summed E-state index contributed by atoms with van der Waals surface area (Å²) in [5, 5.41) is 5.81. The third kappa shape index (κ3) is 10.5. The van der Waals surface area contributed by atoms with Crippen LogP contribution in [0, 0.1) is 0 Å². The van der Waals surface area contributed by atoms with Crippen molar-refractivity contribution in [3.63, 3.8) is 0 Å². The van der Waals surface area contributed by atoms with E-state index < -0.39 is 0 Å². The summed E-state index contributed by atoms with van der Waals surface area (Å²) in [4.78, 5) is 21.8. The maximum Gasteiger partial charge on any atom is 0.207 e. The van der Waals surface area contributed by atoms with Gasteiger partial charge in [-0.3, -0.25) is 14.8 Å². The van der Waals surface area contributed by atoms with Crippen LogP contribution in [0.4, 0.5) is 5.69 Å². The molecule has 1 amide bonds. The van der Waals surface area contributed by atoms with Gasteiger partial charge in [0.1, 0.15) is 0 Å². The molecule has 1 aliphatic heterocycles. The average Bonchev–Trinajstić information content (AvgIpc) is 3.65. The van der Waals surface area contributed by atoms with Gasteiger partial charge in [-0.25, -0.2) is 0 Å². The molecule has 1 heterocycles. The number of para-hydroxylation sites is 1. The second kappa shape index (κ2) is 20.6. The van der Waals surface area contributed by atoms with Crippen LogP contribution in [0.1, 0.15) is 53.9 Å². The number of rotatable bonds is 13. The second-order valence-electron chi connectivity index (χ2n) is 11.2. The molecule has 1 atom stereocenters. The predicted molar refractivity (Wildman–Crippen MR) is 196 cm³/mol. The lowest BCUT2D eigenvalue weighted by molar-refractivity contribution is -0.109. The Morgan fingerprint density at radius 1 is 1.00 bits per heavy atom. The molecule has 0 spiro atoms. The van der Waals surface area contributed by atoms with Crippen molar-refractivity contribution in [1.82, 2.24) is 10.2 Å². The lowest BCUT2D eigenvalue weighted by Gasteiger charge is -2.29. The molecular formula is C38H52N6O3. The van der Waals surface area contributed by atoms with E-state index >= 15 is 0 Å². The Kier molecular flexibility index (Phi) is 16.2. The summed E-state index contributed by atoms with van der Waals surface area (Å²) in [6.45, 7) is 8.81. The van der Waals surface area contributed by atoms with Gasteiger partial charge in [-0.05, 0) is 106 Å². The lowest BCUT2D eigenvalue weighted by Crippen LogP contribution is -2.22. The molecule has 1 unspecified atom stereocenters. The standard InChI is InChI=1S/C26H32N4.C11H15NO3.CH5N/c1-27-19-21-18-25(20-10-12-22(28-2)13-11-20)23-8-3-4-9-24(23)26(21)29-14-7-17-30-15-5-6-16-30;1-14-10-5-3-4-9(11(10)15-2)6-7-12-8-13;1-2/h3-4,8-13,19,25,28H,1,5-7,14-18H2,2H3;3-5,8H,6-7H2,1-2H3,(H,12,13);2H2,1H3/b21-19-,29-26?;;. The summed E-state index contributed by atoms with van der Waals surface area (Å²) < 4.78 is 10.4. The summed E-state index contributed by atoms with van der Waals surface area (Å²) in [6, 6.07) is 23.2. The Hall–Kier alpha value is -4.47. The summed E-state index contributed by atoms with van der Waals surface area (Å²) in [5.41, 5.74) is 12.9. The van der Waals surface area contributed by atoms with Gasteiger partial charge in [0.15, 0.2) is 11.5 Å². The minimum atomic E-state index is 0.309. The smallest absolute Gasteiger partial charge is 0.207 e. The normalized spacial score (nSPS) is 17.0. The second-order valence-corrected chi connectivity index (χ2v) is 11.2. The minimum absolute atomic E-state index is 0.309. The van der Waals surface area contributed by atoms with E-state index in [9.17, 15) is 4.79 Å². The molecule has 9 nitrogen and oxygen atoms in total. The topological polar surface area (TPSA) is 114 Å². The van der Waals surface area contributed by atoms with E-state index in [1.54, 1.807) is 14.2 Å². The molecule has 9 heteroatoms. The van der Waals surface area contributed by atoms with Crippen LogP contribution in [-0.4, -0.2) is 84.8 Å². The Bertz CT molecular complexity index is 1450. The molecule has 0 saturated carbocycles. The zero-order chi connectivity index (χ0) is 33.9. The van der Waals surface area contributed by atoms with Crippen LogP contribution >= 0.6 is 0 Å². The monoisotopic (exact) mass is 640 g/mol. The maximum atomic E-state index is 10.1. The van der Waals surface area contributed by atoms with E-state index in [0.29, 0.717) is 24.6 Å². The van der Waals surface area contributed by atoms with Crippen molar-refractivity contribution in [2.45, 2.75) is 38.0 Å². The SMILES string of the molecule is C=N/C=C1/CC(c2ccc(NC)cc2)c2ccccc2C1=NCCCN1CCCC1.CN.COc1cccc(CCNC=O)c1OC. The van der Waals surface area contributed by atoms with Crippen LogP contribution in [-0.2, 0) is 11.2 Å². The number of methoxy groups -OCH3 is 2. The van der Waals surface area contributed by atoms with Gasteiger partial charge in [0, 0.05) is 43.5 Å². The zero-order valence-electron chi connectivity index (χ0n) is 28.5. The number of hydrogen-bond donors (Lipinski definition) is 3. The number of nitrogens with two attached hydrogens (primary N) is 1. The van der Waals surface area contributed by atoms with Crippen LogP contribution < -0.4 is 25.8 Å². The molecule has 3 aromatic rings. The number of ether oxygens (including phenoxy) is 2. The van der Waals surface area contributed by atoms with Gasteiger partial charge in [-0.15, -0.1) is 0 Å². The van der Waals surface area contributed by atoms with E-state index in [0.717, 1.165) is 55.1 Å². The van der Waals surface area contributed by atoms with Crippen molar-refractivity contribution in [2.75, 3.05) is 66.4 Å². The van der Waals surface area contributed by atoms with Gasteiger partial charge < -0.3 is 30.7 Å². The van der Waals surface area contributed by atoms with Crippen LogP contribution in [0.25, 0.3) is 0 Å². The largest absolute Gasteiger partial charge is 0.493 e. The Labute approximate surface area is 281 Å². The van der Waals surface area contributed by atoms with Crippen LogP contribution in [0.15, 0.2) is 88.5 Å². The minimum Gasteiger partial charge on any atom is -0.493 e. The highest BCUT2D eigenvalue weighted by Crippen LogP contribution is 2.40. The van der Waals surface area contributed by atoms with Gasteiger partial charge >= 0.3 is 0 Å². The molecule has 5 rings (SSSR count).